The molecule has 0 saturated carbocycles. The van der Waals surface area contributed by atoms with Gasteiger partial charge in [-0.1, -0.05) is 18.2 Å². The van der Waals surface area contributed by atoms with E-state index in [1.807, 2.05) is 30.3 Å². The fourth-order valence-electron chi connectivity index (χ4n) is 2.98. The van der Waals surface area contributed by atoms with Crippen LogP contribution in [-0.2, 0) is 4.79 Å². The van der Waals surface area contributed by atoms with E-state index in [1.165, 1.54) is 12.8 Å². The van der Waals surface area contributed by atoms with Crippen LogP contribution in [0.15, 0.2) is 30.3 Å². The second-order valence-corrected chi connectivity index (χ2v) is 5.21. The third kappa shape index (κ3) is 2.34. The predicted octanol–water partition coefficient (Wildman–Crippen LogP) is 1.61. The lowest BCUT2D eigenvalue weighted by Crippen LogP contribution is -2.56. The molecule has 1 amide bonds. The second-order valence-electron chi connectivity index (χ2n) is 5.21. The number of hydrogen-bond donors (Lipinski definition) is 2. The molecule has 0 aliphatic carbocycles. The summed E-state index contributed by atoms with van der Waals surface area (Å²) in [5, 5.41) is 0. The summed E-state index contributed by atoms with van der Waals surface area (Å²) in [6, 6.07) is 9.79. The maximum atomic E-state index is 12.1. The summed E-state index contributed by atoms with van der Waals surface area (Å²) in [6.45, 7) is 2.15. The van der Waals surface area contributed by atoms with Crippen molar-refractivity contribution < 1.29 is 4.79 Å². The van der Waals surface area contributed by atoms with Crippen LogP contribution in [0.3, 0.4) is 0 Å². The number of hydrogen-bond acceptors (Lipinski definition) is 3. The standard InChI is InChI=1S/C14H19N3O/c18-14(16-15-12-4-2-1-3-5-12)13-10-11-6-8-17(13)9-7-11/h1-5,11,13,15H,6-10H2,(H,16,18). The second kappa shape index (κ2) is 4.98. The first-order chi connectivity index (χ1) is 8.83. The highest BCUT2D eigenvalue weighted by Gasteiger charge is 2.37. The molecule has 3 saturated heterocycles. The largest absolute Gasteiger partial charge is 0.299 e. The average Bonchev–Trinajstić information content (AvgIpc) is 2.47. The number of para-hydroxylation sites is 1. The van der Waals surface area contributed by atoms with E-state index in [4.69, 9.17) is 0 Å². The predicted molar refractivity (Wildman–Crippen MR) is 70.9 cm³/mol. The van der Waals surface area contributed by atoms with E-state index in [0.717, 1.165) is 31.1 Å². The van der Waals surface area contributed by atoms with Crippen molar-refractivity contribution in [1.82, 2.24) is 10.3 Å². The number of carbonyl (C=O) groups is 1. The van der Waals surface area contributed by atoms with Gasteiger partial charge in [0.2, 0.25) is 0 Å². The Bertz CT molecular complexity index is 412. The fourth-order valence-corrected chi connectivity index (χ4v) is 2.98. The number of anilines is 1. The van der Waals surface area contributed by atoms with Crippen molar-refractivity contribution in [1.29, 1.82) is 0 Å². The number of carbonyl (C=O) groups excluding carboxylic acids is 1. The Balaban J connectivity index is 1.56. The number of benzene rings is 1. The molecule has 1 aromatic rings. The summed E-state index contributed by atoms with van der Waals surface area (Å²) in [7, 11) is 0. The van der Waals surface area contributed by atoms with Crippen molar-refractivity contribution >= 4 is 11.6 Å². The van der Waals surface area contributed by atoms with Crippen LogP contribution in [0.2, 0.25) is 0 Å². The third-order valence-electron chi connectivity index (χ3n) is 4.05. The molecule has 4 nitrogen and oxygen atoms in total. The molecule has 0 radical (unpaired) electrons. The van der Waals surface area contributed by atoms with Gasteiger partial charge in [-0.25, -0.2) is 0 Å². The molecule has 3 aliphatic heterocycles. The zero-order valence-corrected chi connectivity index (χ0v) is 10.4. The van der Waals surface area contributed by atoms with E-state index < -0.39 is 0 Å². The molecule has 2 N–H and O–H groups in total. The van der Waals surface area contributed by atoms with Crippen LogP contribution >= 0.6 is 0 Å². The van der Waals surface area contributed by atoms with Crippen LogP contribution in [0.5, 0.6) is 0 Å². The van der Waals surface area contributed by atoms with E-state index in [0.29, 0.717) is 0 Å². The molecule has 2 bridgehead atoms. The summed E-state index contributed by atoms with van der Waals surface area (Å²) in [5.41, 5.74) is 6.72. The Morgan fingerprint density at radius 3 is 2.50 bits per heavy atom. The Kier molecular flexibility index (Phi) is 3.19. The number of hydrazine groups is 1. The van der Waals surface area contributed by atoms with Crippen molar-refractivity contribution in [2.45, 2.75) is 25.3 Å². The molecule has 4 heteroatoms. The maximum absolute atomic E-state index is 12.1. The summed E-state index contributed by atoms with van der Waals surface area (Å²) in [6.07, 6.45) is 3.54. The molecule has 4 rings (SSSR count). The molecule has 0 aromatic heterocycles. The van der Waals surface area contributed by atoms with Gasteiger partial charge in [0.05, 0.1) is 11.7 Å². The third-order valence-corrected chi connectivity index (χ3v) is 4.05. The molecular formula is C14H19N3O. The number of fused-ring (bicyclic) bond motifs is 3. The van der Waals surface area contributed by atoms with E-state index in [2.05, 4.69) is 15.8 Å². The smallest absolute Gasteiger partial charge is 0.255 e. The number of amides is 1. The van der Waals surface area contributed by atoms with E-state index in [9.17, 15) is 4.79 Å². The van der Waals surface area contributed by atoms with Gasteiger partial charge in [0.1, 0.15) is 0 Å². The van der Waals surface area contributed by atoms with Gasteiger partial charge < -0.3 is 0 Å². The lowest BCUT2D eigenvalue weighted by Gasteiger charge is -2.44. The van der Waals surface area contributed by atoms with Crippen molar-refractivity contribution in [3.05, 3.63) is 30.3 Å². The lowest BCUT2D eigenvalue weighted by molar-refractivity contribution is -0.130. The van der Waals surface area contributed by atoms with Crippen LogP contribution < -0.4 is 10.9 Å². The molecule has 1 unspecified atom stereocenters. The number of nitrogens with one attached hydrogen (secondary N) is 2. The average molecular weight is 245 g/mol. The molecule has 96 valence electrons. The lowest BCUT2D eigenvalue weighted by atomic mass is 9.83. The summed E-state index contributed by atoms with van der Waals surface area (Å²) in [4.78, 5) is 14.5. The van der Waals surface area contributed by atoms with Crippen LogP contribution in [0.1, 0.15) is 19.3 Å². The topological polar surface area (TPSA) is 44.4 Å². The molecule has 3 fully saturated rings. The SMILES string of the molecule is O=C(NNc1ccccc1)C1CC2CCN1CC2. The Labute approximate surface area is 107 Å². The highest BCUT2D eigenvalue weighted by molar-refractivity contribution is 5.83. The quantitative estimate of drug-likeness (QED) is 0.795. The minimum atomic E-state index is 0.0636. The van der Waals surface area contributed by atoms with Crippen molar-refractivity contribution in [2.24, 2.45) is 5.92 Å². The highest BCUT2D eigenvalue weighted by atomic mass is 16.2. The molecule has 1 aromatic carbocycles. The first kappa shape index (κ1) is 11.5. The van der Waals surface area contributed by atoms with Crippen LogP contribution in [-0.4, -0.2) is 29.9 Å². The number of rotatable bonds is 3. The normalized spacial score (nSPS) is 29.9. The zero-order chi connectivity index (χ0) is 12.4. The summed E-state index contributed by atoms with van der Waals surface area (Å²) in [5.74, 6) is 0.853. The van der Waals surface area contributed by atoms with Crippen LogP contribution in [0.4, 0.5) is 5.69 Å². The highest BCUT2D eigenvalue weighted by Crippen LogP contribution is 2.31. The molecule has 3 heterocycles. The van der Waals surface area contributed by atoms with Gasteiger partial charge in [-0.05, 0) is 50.4 Å². The summed E-state index contributed by atoms with van der Waals surface area (Å²) >= 11 is 0. The fraction of sp³-hybridized carbons (Fsp3) is 0.500. The van der Waals surface area contributed by atoms with Gasteiger partial charge in [0, 0.05) is 0 Å². The van der Waals surface area contributed by atoms with Crippen molar-refractivity contribution in [3.63, 3.8) is 0 Å². The summed E-state index contributed by atoms with van der Waals surface area (Å²) < 4.78 is 0. The van der Waals surface area contributed by atoms with Gasteiger partial charge in [-0.3, -0.25) is 20.5 Å². The maximum Gasteiger partial charge on any atom is 0.255 e. The number of nitrogens with zero attached hydrogens (tertiary/aromatic N) is 1. The van der Waals surface area contributed by atoms with Gasteiger partial charge in [-0.2, -0.15) is 0 Å². The van der Waals surface area contributed by atoms with Crippen LogP contribution in [0, 0.1) is 5.92 Å². The first-order valence-electron chi connectivity index (χ1n) is 6.68. The van der Waals surface area contributed by atoms with Gasteiger partial charge in [0.25, 0.3) is 5.91 Å². The van der Waals surface area contributed by atoms with Gasteiger partial charge in [-0.15, -0.1) is 0 Å². The Morgan fingerprint density at radius 2 is 1.89 bits per heavy atom. The van der Waals surface area contributed by atoms with Crippen molar-refractivity contribution in [2.75, 3.05) is 18.5 Å². The van der Waals surface area contributed by atoms with E-state index in [-0.39, 0.29) is 11.9 Å². The monoisotopic (exact) mass is 245 g/mol. The minimum Gasteiger partial charge on any atom is -0.299 e. The molecule has 0 spiro atoms. The molecule has 3 aliphatic rings. The Morgan fingerprint density at radius 1 is 1.17 bits per heavy atom. The zero-order valence-electron chi connectivity index (χ0n) is 10.4. The molecule has 18 heavy (non-hydrogen) atoms. The van der Waals surface area contributed by atoms with Gasteiger partial charge >= 0.3 is 0 Å². The first-order valence-corrected chi connectivity index (χ1v) is 6.68. The van der Waals surface area contributed by atoms with Crippen molar-refractivity contribution in [3.8, 4) is 0 Å². The van der Waals surface area contributed by atoms with E-state index >= 15 is 0 Å². The number of piperidine rings is 3. The minimum absolute atomic E-state index is 0.0636. The van der Waals surface area contributed by atoms with E-state index in [1.54, 1.807) is 0 Å². The molecule has 1 atom stereocenters. The molecular weight excluding hydrogens is 226 g/mol. The van der Waals surface area contributed by atoms with Crippen LogP contribution in [0.25, 0.3) is 0 Å². The Hall–Kier alpha value is -1.55. The van der Waals surface area contributed by atoms with Gasteiger partial charge in [0.15, 0.2) is 0 Å².